The van der Waals surface area contributed by atoms with Crippen LogP contribution in [0, 0.1) is 17.2 Å². The van der Waals surface area contributed by atoms with Crippen molar-refractivity contribution in [3.05, 3.63) is 0 Å². The van der Waals surface area contributed by atoms with E-state index in [2.05, 4.69) is 31.9 Å². The second kappa shape index (κ2) is 6.91. The van der Waals surface area contributed by atoms with Crippen LogP contribution in [0.25, 0.3) is 0 Å². The van der Waals surface area contributed by atoms with Crippen LogP contribution in [0.3, 0.4) is 0 Å². The van der Waals surface area contributed by atoms with Gasteiger partial charge >= 0.3 is 0 Å². The monoisotopic (exact) mass is 222 g/mol. The van der Waals surface area contributed by atoms with E-state index in [-0.39, 0.29) is 5.92 Å². The van der Waals surface area contributed by atoms with Crippen molar-refractivity contribution in [1.29, 1.82) is 5.26 Å². The molecule has 1 saturated carbocycles. The van der Waals surface area contributed by atoms with Crippen molar-refractivity contribution in [3.8, 4) is 6.07 Å². The fourth-order valence-electron chi connectivity index (χ4n) is 3.06. The zero-order chi connectivity index (χ0) is 12.0. The predicted molar refractivity (Wildman–Crippen MR) is 68.1 cm³/mol. The highest BCUT2D eigenvalue weighted by Crippen LogP contribution is 2.28. The van der Waals surface area contributed by atoms with Gasteiger partial charge in [0.25, 0.3) is 0 Å². The van der Waals surface area contributed by atoms with Crippen molar-refractivity contribution in [3.63, 3.8) is 0 Å². The summed E-state index contributed by atoms with van der Waals surface area (Å²) in [6.07, 6.45) is 8.56. The van der Waals surface area contributed by atoms with Gasteiger partial charge in [-0.2, -0.15) is 5.26 Å². The van der Waals surface area contributed by atoms with Crippen molar-refractivity contribution in [2.45, 2.75) is 70.9 Å². The Bertz CT molecular complexity index is 227. The van der Waals surface area contributed by atoms with Crippen molar-refractivity contribution < 1.29 is 0 Å². The summed E-state index contributed by atoms with van der Waals surface area (Å²) in [4.78, 5) is 2.49. The Morgan fingerprint density at radius 1 is 1.19 bits per heavy atom. The van der Waals surface area contributed by atoms with Crippen LogP contribution in [-0.4, -0.2) is 24.0 Å². The fourth-order valence-corrected chi connectivity index (χ4v) is 3.06. The molecule has 0 aliphatic heterocycles. The molecule has 0 radical (unpaired) electrons. The standard InChI is InChI=1S/C14H26N2/c1-4-13(5-2)16(3)14-10-8-6-7-9-12(14)11-15/h12-14H,4-10H2,1-3H3. The number of hydrogen-bond acceptors (Lipinski definition) is 2. The molecular weight excluding hydrogens is 196 g/mol. The Hall–Kier alpha value is -0.550. The molecular formula is C14H26N2. The Labute approximate surface area is 101 Å². The fraction of sp³-hybridized carbons (Fsp3) is 0.929. The van der Waals surface area contributed by atoms with Gasteiger partial charge in [-0.05, 0) is 32.7 Å². The molecule has 0 N–H and O–H groups in total. The summed E-state index contributed by atoms with van der Waals surface area (Å²) < 4.78 is 0. The van der Waals surface area contributed by atoms with Gasteiger partial charge in [0.15, 0.2) is 0 Å². The van der Waals surface area contributed by atoms with E-state index in [1.807, 2.05) is 0 Å². The molecule has 0 amide bonds. The Balaban J connectivity index is 2.69. The third-order valence-corrected chi connectivity index (χ3v) is 4.19. The summed E-state index contributed by atoms with van der Waals surface area (Å²) in [5.41, 5.74) is 0. The van der Waals surface area contributed by atoms with E-state index in [1.165, 1.54) is 38.5 Å². The summed E-state index contributed by atoms with van der Waals surface area (Å²) in [6, 6.07) is 3.69. The molecule has 0 aromatic rings. The quantitative estimate of drug-likeness (QED) is 0.680. The number of nitrogens with zero attached hydrogens (tertiary/aromatic N) is 2. The zero-order valence-corrected chi connectivity index (χ0v) is 11.1. The number of rotatable bonds is 4. The van der Waals surface area contributed by atoms with Gasteiger partial charge in [0.1, 0.15) is 0 Å². The normalized spacial score (nSPS) is 26.8. The lowest BCUT2D eigenvalue weighted by Crippen LogP contribution is -2.43. The summed E-state index contributed by atoms with van der Waals surface area (Å²) in [7, 11) is 2.22. The third kappa shape index (κ3) is 3.22. The van der Waals surface area contributed by atoms with Gasteiger partial charge in [0.05, 0.1) is 12.0 Å². The maximum absolute atomic E-state index is 9.29. The van der Waals surface area contributed by atoms with Crippen LogP contribution < -0.4 is 0 Å². The van der Waals surface area contributed by atoms with E-state index in [0.717, 1.165) is 6.42 Å². The highest BCUT2D eigenvalue weighted by Gasteiger charge is 2.29. The van der Waals surface area contributed by atoms with Crippen molar-refractivity contribution >= 4 is 0 Å². The van der Waals surface area contributed by atoms with Crippen LogP contribution >= 0.6 is 0 Å². The summed E-state index contributed by atoms with van der Waals surface area (Å²) in [5.74, 6) is 0.257. The van der Waals surface area contributed by atoms with Crippen molar-refractivity contribution in [2.75, 3.05) is 7.05 Å². The van der Waals surface area contributed by atoms with Crippen LogP contribution in [0.2, 0.25) is 0 Å². The maximum Gasteiger partial charge on any atom is 0.0672 e. The Morgan fingerprint density at radius 2 is 1.81 bits per heavy atom. The van der Waals surface area contributed by atoms with Crippen LogP contribution in [-0.2, 0) is 0 Å². The average Bonchev–Trinajstić information content (AvgIpc) is 2.55. The second-order valence-corrected chi connectivity index (χ2v) is 5.08. The highest BCUT2D eigenvalue weighted by atomic mass is 15.2. The molecule has 2 atom stereocenters. The van der Waals surface area contributed by atoms with Gasteiger partial charge < -0.3 is 0 Å². The molecule has 2 unspecified atom stereocenters. The highest BCUT2D eigenvalue weighted by molar-refractivity contribution is 4.95. The average molecular weight is 222 g/mol. The lowest BCUT2D eigenvalue weighted by Gasteiger charge is -2.36. The molecule has 2 heteroatoms. The second-order valence-electron chi connectivity index (χ2n) is 5.08. The molecule has 0 heterocycles. The molecule has 1 aliphatic carbocycles. The van der Waals surface area contributed by atoms with Gasteiger partial charge in [0.2, 0.25) is 0 Å². The van der Waals surface area contributed by atoms with Crippen LogP contribution in [0.15, 0.2) is 0 Å². The first-order valence-electron chi connectivity index (χ1n) is 6.86. The predicted octanol–water partition coefficient (Wildman–Crippen LogP) is 3.58. The van der Waals surface area contributed by atoms with Gasteiger partial charge in [-0.1, -0.05) is 33.1 Å². The van der Waals surface area contributed by atoms with Gasteiger partial charge in [-0.3, -0.25) is 4.90 Å². The first-order valence-corrected chi connectivity index (χ1v) is 6.86. The van der Waals surface area contributed by atoms with E-state index in [0.29, 0.717) is 12.1 Å². The lowest BCUT2D eigenvalue weighted by atomic mass is 9.93. The maximum atomic E-state index is 9.29. The van der Waals surface area contributed by atoms with Gasteiger partial charge in [-0.25, -0.2) is 0 Å². The topological polar surface area (TPSA) is 27.0 Å². The molecule has 0 aromatic heterocycles. The molecule has 0 bridgehead atoms. The van der Waals surface area contributed by atoms with Crippen molar-refractivity contribution in [2.24, 2.45) is 5.92 Å². The lowest BCUT2D eigenvalue weighted by molar-refractivity contribution is 0.128. The van der Waals surface area contributed by atoms with E-state index in [9.17, 15) is 5.26 Å². The minimum atomic E-state index is 0.257. The number of hydrogen-bond donors (Lipinski definition) is 0. The summed E-state index contributed by atoms with van der Waals surface area (Å²) in [6.45, 7) is 4.51. The molecule has 2 nitrogen and oxygen atoms in total. The van der Waals surface area contributed by atoms with E-state index < -0.39 is 0 Å². The first-order chi connectivity index (χ1) is 7.74. The molecule has 1 aliphatic rings. The van der Waals surface area contributed by atoms with Gasteiger partial charge in [0, 0.05) is 12.1 Å². The first kappa shape index (κ1) is 13.5. The minimum absolute atomic E-state index is 0.257. The van der Waals surface area contributed by atoms with Crippen LogP contribution in [0.1, 0.15) is 58.8 Å². The Kier molecular flexibility index (Phi) is 5.84. The zero-order valence-electron chi connectivity index (χ0n) is 11.1. The SMILES string of the molecule is CCC(CC)N(C)C1CCCCCC1C#N. The van der Waals surface area contributed by atoms with Crippen LogP contribution in [0.4, 0.5) is 0 Å². The summed E-state index contributed by atoms with van der Waals surface area (Å²) >= 11 is 0. The molecule has 92 valence electrons. The molecule has 16 heavy (non-hydrogen) atoms. The molecule has 0 aromatic carbocycles. The van der Waals surface area contributed by atoms with E-state index in [4.69, 9.17) is 0 Å². The van der Waals surface area contributed by atoms with E-state index >= 15 is 0 Å². The van der Waals surface area contributed by atoms with Gasteiger partial charge in [-0.15, -0.1) is 0 Å². The Morgan fingerprint density at radius 3 is 2.38 bits per heavy atom. The minimum Gasteiger partial charge on any atom is -0.299 e. The molecule has 1 fully saturated rings. The molecule has 0 saturated heterocycles. The van der Waals surface area contributed by atoms with Crippen LogP contribution in [0.5, 0.6) is 0 Å². The van der Waals surface area contributed by atoms with Crippen molar-refractivity contribution in [1.82, 2.24) is 4.90 Å². The molecule has 0 spiro atoms. The molecule has 1 rings (SSSR count). The number of nitriles is 1. The smallest absolute Gasteiger partial charge is 0.0672 e. The third-order valence-electron chi connectivity index (χ3n) is 4.19. The largest absolute Gasteiger partial charge is 0.299 e. The summed E-state index contributed by atoms with van der Waals surface area (Å²) in [5, 5.41) is 9.29. The van der Waals surface area contributed by atoms with E-state index in [1.54, 1.807) is 0 Å².